The first-order valence-corrected chi connectivity index (χ1v) is 5.64. The molecule has 0 heterocycles. The molecular weight excluding hydrogens is 227 g/mol. The molecule has 1 aromatic rings. The van der Waals surface area contributed by atoms with Gasteiger partial charge in [-0.3, -0.25) is 0 Å². The van der Waals surface area contributed by atoms with E-state index in [9.17, 15) is 13.0 Å². The van der Waals surface area contributed by atoms with Crippen LogP contribution in [0.1, 0.15) is 12.0 Å². The molecule has 0 aliphatic heterocycles. The van der Waals surface area contributed by atoms with Gasteiger partial charge in [-0.2, -0.15) is 0 Å². The van der Waals surface area contributed by atoms with Gasteiger partial charge in [0.25, 0.3) is 0 Å². The van der Waals surface area contributed by atoms with Crippen LogP contribution >= 0.6 is 0 Å². The number of aliphatic hydroxyl groups excluding tert-OH is 1. The predicted octanol–water partition coefficient (Wildman–Crippen LogP) is -2.51. The summed E-state index contributed by atoms with van der Waals surface area (Å²) in [7, 11) is -4.57. The van der Waals surface area contributed by atoms with E-state index in [1.54, 1.807) is 0 Å². The topological polar surface area (TPSA) is 77.4 Å². The van der Waals surface area contributed by atoms with Crippen LogP contribution in [0.3, 0.4) is 0 Å². The quantitative estimate of drug-likeness (QED) is 0.464. The minimum atomic E-state index is -4.57. The van der Waals surface area contributed by atoms with Gasteiger partial charge in [0.05, 0.1) is 0 Å². The van der Waals surface area contributed by atoms with Gasteiger partial charge in [-0.1, -0.05) is 30.3 Å². The summed E-state index contributed by atoms with van der Waals surface area (Å²) in [6.45, 7) is 0. The van der Waals surface area contributed by atoms with Crippen molar-refractivity contribution in [1.82, 2.24) is 0 Å². The zero-order valence-electron chi connectivity index (χ0n) is 8.46. The van der Waals surface area contributed by atoms with Gasteiger partial charge in [-0.25, -0.2) is 8.42 Å². The van der Waals surface area contributed by atoms with Gasteiger partial charge in [0.1, 0.15) is 15.6 Å². The molecule has 0 fully saturated rings. The summed E-state index contributed by atoms with van der Waals surface area (Å²) in [6, 6.07) is 9.08. The molecule has 0 amide bonds. The van der Waals surface area contributed by atoms with Crippen LogP contribution in [-0.4, -0.2) is 23.5 Å². The zero-order valence-corrected chi connectivity index (χ0v) is 11.3. The van der Waals surface area contributed by atoms with Crippen molar-refractivity contribution in [2.75, 3.05) is 0 Å². The molecule has 1 atom stereocenters. The van der Waals surface area contributed by atoms with Gasteiger partial charge in [-0.05, 0) is 18.4 Å². The van der Waals surface area contributed by atoms with Crippen LogP contribution in [0.15, 0.2) is 30.3 Å². The van der Waals surface area contributed by atoms with E-state index >= 15 is 0 Å². The molecule has 0 aliphatic carbocycles. The Hall–Kier alpha value is 0.0900. The third-order valence-electron chi connectivity index (χ3n) is 1.86. The minimum Gasteiger partial charge on any atom is -0.746 e. The fraction of sp³-hybridized carbons (Fsp3) is 0.333. The smallest absolute Gasteiger partial charge is 0.746 e. The van der Waals surface area contributed by atoms with E-state index in [4.69, 9.17) is 5.11 Å². The van der Waals surface area contributed by atoms with Crippen LogP contribution in [0.4, 0.5) is 0 Å². The number of benzene rings is 1. The Bertz CT molecular complexity index is 376. The fourth-order valence-electron chi connectivity index (χ4n) is 1.08. The van der Waals surface area contributed by atoms with E-state index in [1.165, 1.54) is 0 Å². The molecule has 1 rings (SSSR count). The average Bonchev–Trinajstić information content (AvgIpc) is 2.14. The average molecular weight is 238 g/mol. The van der Waals surface area contributed by atoms with E-state index in [0.717, 1.165) is 5.56 Å². The molecule has 1 aromatic carbocycles. The van der Waals surface area contributed by atoms with Crippen LogP contribution in [0.2, 0.25) is 0 Å². The number of aryl methyl sites for hydroxylation is 1. The normalized spacial score (nSPS) is 12.9. The Morgan fingerprint density at radius 1 is 1.27 bits per heavy atom. The second-order valence-electron chi connectivity index (χ2n) is 2.97. The van der Waals surface area contributed by atoms with Crippen LogP contribution in [0.5, 0.6) is 0 Å². The molecule has 6 heteroatoms. The van der Waals surface area contributed by atoms with Crippen molar-refractivity contribution < 1.29 is 47.6 Å². The maximum Gasteiger partial charge on any atom is 1.00 e. The van der Waals surface area contributed by atoms with E-state index in [-0.39, 0.29) is 36.0 Å². The maximum atomic E-state index is 10.3. The summed E-state index contributed by atoms with van der Waals surface area (Å²) in [5.74, 6) is 0. The molecule has 0 saturated heterocycles. The summed E-state index contributed by atoms with van der Waals surface area (Å²) in [4.78, 5) is 0. The molecule has 78 valence electrons. The van der Waals surface area contributed by atoms with Crippen molar-refractivity contribution >= 4 is 10.1 Å². The van der Waals surface area contributed by atoms with Gasteiger partial charge in [0.15, 0.2) is 0 Å². The van der Waals surface area contributed by atoms with Crippen molar-refractivity contribution in [2.24, 2.45) is 0 Å². The Morgan fingerprint density at radius 3 is 2.27 bits per heavy atom. The Morgan fingerprint density at radius 2 is 1.80 bits per heavy atom. The first-order chi connectivity index (χ1) is 6.50. The number of aliphatic hydroxyl groups is 1. The largest absolute Gasteiger partial charge is 1.00 e. The van der Waals surface area contributed by atoms with Crippen molar-refractivity contribution in [1.29, 1.82) is 0 Å². The molecule has 1 N–H and O–H groups in total. The molecule has 0 bridgehead atoms. The monoisotopic (exact) mass is 238 g/mol. The SMILES string of the molecule is O=S(=O)([O-])C(O)CCc1ccccc1.[Na+]. The number of hydrogen-bond acceptors (Lipinski definition) is 4. The molecule has 0 radical (unpaired) electrons. The molecule has 0 spiro atoms. The summed E-state index contributed by atoms with van der Waals surface area (Å²) >= 11 is 0. The summed E-state index contributed by atoms with van der Waals surface area (Å²) in [5.41, 5.74) is -0.905. The molecular formula is C9H11NaO4S. The number of hydrogen-bond donors (Lipinski definition) is 1. The van der Waals surface area contributed by atoms with E-state index in [0.29, 0.717) is 6.42 Å². The van der Waals surface area contributed by atoms with E-state index in [2.05, 4.69) is 0 Å². The van der Waals surface area contributed by atoms with Crippen molar-refractivity contribution in [3.63, 3.8) is 0 Å². The van der Waals surface area contributed by atoms with Crippen LogP contribution in [0.25, 0.3) is 0 Å². The maximum absolute atomic E-state index is 10.3. The third-order valence-corrected chi connectivity index (χ3v) is 2.76. The molecule has 1 unspecified atom stereocenters. The first-order valence-electron chi connectivity index (χ1n) is 4.17. The molecule has 4 nitrogen and oxygen atoms in total. The molecule has 15 heavy (non-hydrogen) atoms. The Kier molecular flexibility index (Phi) is 6.66. The van der Waals surface area contributed by atoms with Gasteiger partial charge in [0.2, 0.25) is 0 Å². The fourth-order valence-corrected chi connectivity index (χ4v) is 1.49. The van der Waals surface area contributed by atoms with Crippen LogP contribution in [-0.2, 0) is 16.5 Å². The third kappa shape index (κ3) is 5.65. The van der Waals surface area contributed by atoms with Crippen molar-refractivity contribution in [2.45, 2.75) is 18.3 Å². The molecule has 0 aliphatic rings. The first kappa shape index (κ1) is 15.1. The van der Waals surface area contributed by atoms with Gasteiger partial charge in [0, 0.05) is 0 Å². The van der Waals surface area contributed by atoms with Crippen molar-refractivity contribution in [3.05, 3.63) is 35.9 Å². The molecule has 0 saturated carbocycles. The van der Waals surface area contributed by atoms with Gasteiger partial charge in [-0.15, -0.1) is 0 Å². The minimum absolute atomic E-state index is 0. The standard InChI is InChI=1S/C9H12O4S.Na/c10-9(14(11,12)13)7-6-8-4-2-1-3-5-8;/h1-5,9-10H,6-7H2,(H,11,12,13);/q;+1/p-1. The Balaban J connectivity index is 0.00000196. The van der Waals surface area contributed by atoms with Crippen molar-refractivity contribution in [3.8, 4) is 0 Å². The van der Waals surface area contributed by atoms with E-state index in [1.807, 2.05) is 30.3 Å². The Labute approximate surface area is 111 Å². The summed E-state index contributed by atoms with van der Waals surface area (Å²) < 4.78 is 31.0. The second kappa shape index (κ2) is 6.62. The second-order valence-corrected chi connectivity index (χ2v) is 4.50. The van der Waals surface area contributed by atoms with E-state index < -0.39 is 15.6 Å². The summed E-state index contributed by atoms with van der Waals surface area (Å²) in [6.07, 6.45) is 0.319. The predicted molar refractivity (Wildman–Crippen MR) is 50.5 cm³/mol. The molecule has 0 aromatic heterocycles. The zero-order chi connectivity index (χ0) is 10.6. The number of rotatable bonds is 4. The summed E-state index contributed by atoms with van der Waals surface area (Å²) in [5, 5.41) is 8.95. The van der Waals surface area contributed by atoms with Crippen LogP contribution in [0, 0.1) is 0 Å². The van der Waals surface area contributed by atoms with Gasteiger partial charge < -0.3 is 9.66 Å². The van der Waals surface area contributed by atoms with Crippen LogP contribution < -0.4 is 29.6 Å². The van der Waals surface area contributed by atoms with Gasteiger partial charge >= 0.3 is 29.6 Å².